The largest absolute Gasteiger partial charge is 0.385 e. The number of hydrogen-bond acceptors (Lipinski definition) is 3. The molecule has 4 aromatic carbocycles. The van der Waals surface area contributed by atoms with E-state index >= 15 is 0 Å². The van der Waals surface area contributed by atoms with Gasteiger partial charge in [0.25, 0.3) is 0 Å². The maximum atomic E-state index is 12.4. The maximum Gasteiger partial charge on any atom is 0.0957 e. The molecule has 57 heavy (non-hydrogen) atoms. The zero-order valence-electron chi connectivity index (χ0n) is 36.1. The highest BCUT2D eigenvalue weighted by Gasteiger charge is 2.71. The molecule has 0 aliphatic heterocycles. The fourth-order valence-corrected chi connectivity index (χ4v) is 15.1. The molecule has 0 spiro atoms. The van der Waals surface area contributed by atoms with Crippen molar-refractivity contribution in [2.75, 3.05) is 0 Å². The highest BCUT2D eigenvalue weighted by Crippen LogP contribution is 2.75. The van der Waals surface area contributed by atoms with Crippen LogP contribution in [0.4, 0.5) is 0 Å². The van der Waals surface area contributed by atoms with Crippen molar-refractivity contribution in [2.45, 2.75) is 137 Å². The summed E-state index contributed by atoms with van der Waals surface area (Å²) in [4.78, 5) is 0. The second-order valence-corrected chi connectivity index (χ2v) is 22.6. The average molecular weight is 763 g/mol. The quantitative estimate of drug-likeness (QED) is 0.183. The lowest BCUT2D eigenvalue weighted by Crippen LogP contribution is -2.44. The van der Waals surface area contributed by atoms with Gasteiger partial charge in [-0.05, 0) is 160 Å². The first-order valence-corrected chi connectivity index (χ1v) is 22.3. The number of fused-ring (bicyclic) bond motifs is 6. The molecule has 0 amide bonds. The fourth-order valence-electron chi connectivity index (χ4n) is 15.1. The molecular weight excluding hydrogens is 697 g/mol. The van der Waals surface area contributed by atoms with Gasteiger partial charge in [-0.1, -0.05) is 135 Å². The highest BCUT2D eigenvalue weighted by atomic mass is 16.3. The molecule has 6 bridgehead atoms. The molecule has 0 unspecified atom stereocenters. The van der Waals surface area contributed by atoms with Crippen LogP contribution in [0.1, 0.15) is 137 Å². The van der Waals surface area contributed by atoms with E-state index in [9.17, 15) is 15.3 Å². The van der Waals surface area contributed by atoms with Gasteiger partial charge in [0, 0.05) is 16.2 Å². The van der Waals surface area contributed by atoms with Crippen molar-refractivity contribution >= 4 is 0 Å². The Balaban J connectivity index is 1.03. The first kappa shape index (κ1) is 38.0. The van der Waals surface area contributed by atoms with E-state index in [4.69, 9.17) is 0 Å². The summed E-state index contributed by atoms with van der Waals surface area (Å²) < 4.78 is 0. The van der Waals surface area contributed by atoms with E-state index in [2.05, 4.69) is 153 Å². The van der Waals surface area contributed by atoms with Crippen LogP contribution in [0.15, 0.2) is 91.0 Å². The summed E-state index contributed by atoms with van der Waals surface area (Å²) in [6, 6.07) is 33.3. The summed E-state index contributed by atoms with van der Waals surface area (Å²) in [6.07, 6.45) is 9.31. The molecule has 6 aliphatic rings. The van der Waals surface area contributed by atoms with Crippen molar-refractivity contribution in [1.82, 2.24) is 0 Å². The zero-order chi connectivity index (χ0) is 40.4. The van der Waals surface area contributed by atoms with Gasteiger partial charge in [-0.2, -0.15) is 0 Å². The van der Waals surface area contributed by atoms with Gasteiger partial charge in [0.05, 0.1) is 16.8 Å². The minimum absolute atomic E-state index is 0.108. The number of benzene rings is 4. The molecule has 300 valence electrons. The minimum Gasteiger partial charge on any atom is -0.385 e. The lowest BCUT2D eigenvalue weighted by Gasteiger charge is -2.45. The van der Waals surface area contributed by atoms with E-state index in [1.807, 2.05) is 0 Å². The van der Waals surface area contributed by atoms with Crippen LogP contribution < -0.4 is 0 Å². The maximum absolute atomic E-state index is 12.4. The van der Waals surface area contributed by atoms with Crippen LogP contribution in [0.3, 0.4) is 0 Å². The monoisotopic (exact) mass is 763 g/mol. The van der Waals surface area contributed by atoms with Gasteiger partial charge in [-0.15, -0.1) is 0 Å². The van der Waals surface area contributed by atoms with Gasteiger partial charge in [0.1, 0.15) is 0 Å². The van der Waals surface area contributed by atoms with Crippen LogP contribution in [0, 0.1) is 50.2 Å². The molecule has 6 saturated carbocycles. The van der Waals surface area contributed by atoms with Crippen molar-refractivity contribution in [1.29, 1.82) is 0 Å². The Bertz CT molecular complexity index is 2000. The molecule has 0 radical (unpaired) electrons. The van der Waals surface area contributed by atoms with Gasteiger partial charge in [-0.3, -0.25) is 0 Å². The smallest absolute Gasteiger partial charge is 0.0957 e. The lowest BCUT2D eigenvalue weighted by atomic mass is 9.62. The van der Waals surface area contributed by atoms with E-state index in [-0.39, 0.29) is 32.5 Å². The lowest BCUT2D eigenvalue weighted by molar-refractivity contribution is -0.0959. The summed E-state index contributed by atoms with van der Waals surface area (Å²) in [5.74, 6) is 1.63. The standard InChI is InChI=1S/C54H66O3/c1-46(2)43-22-25-49(46,7)52(55,31-43)40-16-10-34(11-17-40)37-28-38(35-12-18-41(19-13-35)53(56)32-44-23-26-50(53,8)47(44,3)4)30-39(29-37)36-14-20-42(21-15-36)54(57)33-45-24-27-51(54,9)48(45,5)6/h10-21,28-30,43-45,55-57H,22-27,31-33H2,1-9H3/t43-,44-,45-,49-,50-,51-,52+,53+,54+/m1/s1. The molecule has 9 atom stereocenters. The first-order valence-electron chi connectivity index (χ1n) is 22.3. The van der Waals surface area contributed by atoms with E-state index < -0.39 is 16.8 Å². The molecule has 0 aromatic heterocycles. The van der Waals surface area contributed by atoms with Crippen LogP contribution in [-0.4, -0.2) is 15.3 Å². The summed E-state index contributed by atoms with van der Waals surface area (Å²) in [7, 11) is 0. The molecule has 3 N–H and O–H groups in total. The summed E-state index contributed by atoms with van der Waals surface area (Å²) in [6.45, 7) is 21.1. The van der Waals surface area contributed by atoms with Gasteiger partial charge in [0.15, 0.2) is 0 Å². The zero-order valence-corrected chi connectivity index (χ0v) is 36.1. The number of rotatable bonds is 6. The van der Waals surface area contributed by atoms with Crippen molar-refractivity contribution < 1.29 is 15.3 Å². The van der Waals surface area contributed by atoms with Gasteiger partial charge < -0.3 is 15.3 Å². The topological polar surface area (TPSA) is 60.7 Å². The Morgan fingerprint density at radius 2 is 0.579 bits per heavy atom. The molecule has 6 aliphatic carbocycles. The summed E-state index contributed by atoms with van der Waals surface area (Å²) >= 11 is 0. The van der Waals surface area contributed by atoms with E-state index in [0.29, 0.717) is 17.8 Å². The molecule has 3 heteroatoms. The fraction of sp³-hybridized carbons (Fsp3) is 0.556. The van der Waals surface area contributed by atoms with Crippen molar-refractivity contribution in [3.05, 3.63) is 108 Å². The van der Waals surface area contributed by atoms with Crippen LogP contribution in [-0.2, 0) is 16.8 Å². The van der Waals surface area contributed by atoms with Gasteiger partial charge in [0.2, 0.25) is 0 Å². The third kappa shape index (κ3) is 4.50. The normalized spacial score (nSPS) is 40.3. The highest BCUT2D eigenvalue weighted by molar-refractivity contribution is 5.81. The van der Waals surface area contributed by atoms with Gasteiger partial charge >= 0.3 is 0 Å². The first-order chi connectivity index (χ1) is 26.7. The predicted octanol–water partition coefficient (Wildman–Crippen LogP) is 12.8. The number of hydrogen-bond donors (Lipinski definition) is 3. The molecule has 0 saturated heterocycles. The van der Waals surface area contributed by atoms with E-state index in [1.54, 1.807) is 0 Å². The third-order valence-electron chi connectivity index (χ3n) is 20.7. The van der Waals surface area contributed by atoms with E-state index in [1.165, 1.54) is 19.3 Å². The average Bonchev–Trinajstić information content (AvgIpc) is 3.81. The van der Waals surface area contributed by atoms with Crippen molar-refractivity contribution in [2.24, 2.45) is 50.2 Å². The SMILES string of the molecule is CC1(C)[C@@H]2CC[C@@]1(C)[C@@](O)(c1ccc(-c3cc(-c4ccc([C@@]5(O)C[C@H]6CC[C@]5(C)C6(C)C)cc4)cc(-c4ccc([C@@]5(O)C[C@H]6CC[C@]5(C)C6(C)C)cc4)c3)cc1)C2. The molecule has 4 aromatic rings. The predicted molar refractivity (Wildman–Crippen MR) is 232 cm³/mol. The summed E-state index contributed by atoms with van der Waals surface area (Å²) in [5, 5.41) is 37.1. The van der Waals surface area contributed by atoms with Gasteiger partial charge in [-0.25, -0.2) is 0 Å². The van der Waals surface area contributed by atoms with Crippen LogP contribution >= 0.6 is 0 Å². The summed E-state index contributed by atoms with van der Waals surface area (Å²) in [5.41, 5.74) is 7.34. The molecule has 10 rings (SSSR count). The third-order valence-corrected chi connectivity index (χ3v) is 20.7. The van der Waals surface area contributed by atoms with E-state index in [0.717, 1.165) is 88.6 Å². The van der Waals surface area contributed by atoms with Crippen LogP contribution in [0.2, 0.25) is 0 Å². The molecular formula is C54H66O3. The Hall–Kier alpha value is -3.24. The van der Waals surface area contributed by atoms with Crippen molar-refractivity contribution in [3.8, 4) is 33.4 Å². The molecule has 3 nitrogen and oxygen atoms in total. The van der Waals surface area contributed by atoms with Crippen LogP contribution in [0.25, 0.3) is 33.4 Å². The Labute approximate surface area is 342 Å². The minimum atomic E-state index is -0.821. The molecule has 6 fully saturated rings. The number of aliphatic hydroxyl groups is 3. The Morgan fingerprint density at radius 3 is 0.754 bits per heavy atom. The second-order valence-electron chi connectivity index (χ2n) is 22.6. The van der Waals surface area contributed by atoms with Crippen LogP contribution in [0.5, 0.6) is 0 Å². The van der Waals surface area contributed by atoms with Crippen molar-refractivity contribution in [3.63, 3.8) is 0 Å². The second kappa shape index (κ2) is 11.5. The Morgan fingerprint density at radius 1 is 0.351 bits per heavy atom. The molecule has 0 heterocycles. The Kier molecular flexibility index (Phi) is 7.68.